The molecule has 0 aromatic heterocycles. The number of rotatable bonds is 6. The van der Waals surface area contributed by atoms with Gasteiger partial charge in [0.15, 0.2) is 0 Å². The molecule has 0 saturated heterocycles. The molecular weight excluding hydrogens is 388 g/mol. The fourth-order valence-corrected chi connectivity index (χ4v) is 5.57. The highest BCUT2D eigenvalue weighted by atomic mass is 15.1. The Morgan fingerprint density at radius 1 is 0.656 bits per heavy atom. The predicted molar refractivity (Wildman–Crippen MR) is 138 cm³/mol. The fraction of sp³-hybridized carbons (Fsp3) is 0.600. The molecule has 0 bridgehead atoms. The standard InChI is InChI=1S/C30H44N2/c1-22(2)27-10-8-26-14-18-32(19-15-30(26)20-27)24(4)7-6-23(3)28-11-9-25-12-16-31(5)17-13-29(25)21-28/h8-11,20-24H,6-7,12-19H2,1-5H3. The third-order valence-electron chi connectivity index (χ3n) is 8.20. The lowest BCUT2D eigenvalue weighted by Crippen LogP contribution is -2.35. The highest BCUT2D eigenvalue weighted by Gasteiger charge is 2.20. The Balaban J connectivity index is 1.32. The molecule has 32 heavy (non-hydrogen) atoms. The maximum atomic E-state index is 2.74. The van der Waals surface area contributed by atoms with Crippen molar-refractivity contribution in [2.75, 3.05) is 33.2 Å². The molecule has 2 atom stereocenters. The molecule has 2 nitrogen and oxygen atoms in total. The first-order chi connectivity index (χ1) is 15.4. The van der Waals surface area contributed by atoms with E-state index in [1.54, 1.807) is 27.8 Å². The van der Waals surface area contributed by atoms with Crippen LogP contribution in [0.15, 0.2) is 36.4 Å². The van der Waals surface area contributed by atoms with Crippen LogP contribution >= 0.6 is 0 Å². The minimum Gasteiger partial charge on any atom is -0.306 e. The second-order valence-corrected chi connectivity index (χ2v) is 10.9. The first kappa shape index (κ1) is 23.5. The molecule has 2 heteroatoms. The molecule has 0 radical (unpaired) electrons. The van der Waals surface area contributed by atoms with Crippen molar-refractivity contribution < 1.29 is 0 Å². The number of benzene rings is 2. The van der Waals surface area contributed by atoms with Crippen molar-refractivity contribution in [1.29, 1.82) is 0 Å². The molecule has 2 aliphatic heterocycles. The van der Waals surface area contributed by atoms with Crippen LogP contribution in [-0.4, -0.2) is 49.1 Å². The van der Waals surface area contributed by atoms with Crippen molar-refractivity contribution in [3.63, 3.8) is 0 Å². The fourth-order valence-electron chi connectivity index (χ4n) is 5.57. The van der Waals surface area contributed by atoms with E-state index in [9.17, 15) is 0 Å². The molecular formula is C30H44N2. The van der Waals surface area contributed by atoms with Gasteiger partial charge in [-0.05, 0) is 97.7 Å². The molecule has 0 fully saturated rings. The topological polar surface area (TPSA) is 6.48 Å². The lowest BCUT2D eigenvalue weighted by Gasteiger charge is -2.28. The monoisotopic (exact) mass is 432 g/mol. The van der Waals surface area contributed by atoms with E-state index in [0.717, 1.165) is 0 Å². The smallest absolute Gasteiger partial charge is 0.00674 e. The summed E-state index contributed by atoms with van der Waals surface area (Å²) in [4.78, 5) is 5.21. The zero-order valence-corrected chi connectivity index (χ0v) is 21.2. The van der Waals surface area contributed by atoms with Crippen LogP contribution in [0.1, 0.15) is 85.8 Å². The third-order valence-corrected chi connectivity index (χ3v) is 8.20. The van der Waals surface area contributed by atoms with Crippen LogP contribution in [0.4, 0.5) is 0 Å². The number of likely N-dealkylation sites (N-methyl/N-ethyl adjacent to an activating group) is 1. The van der Waals surface area contributed by atoms with Gasteiger partial charge in [0.2, 0.25) is 0 Å². The molecule has 0 aliphatic carbocycles. The van der Waals surface area contributed by atoms with Gasteiger partial charge < -0.3 is 9.80 Å². The zero-order chi connectivity index (χ0) is 22.7. The summed E-state index contributed by atoms with van der Waals surface area (Å²) in [6.45, 7) is 14.3. The summed E-state index contributed by atoms with van der Waals surface area (Å²) in [5, 5.41) is 0. The second kappa shape index (κ2) is 10.5. The van der Waals surface area contributed by atoms with Gasteiger partial charge in [0.25, 0.3) is 0 Å². The first-order valence-corrected chi connectivity index (χ1v) is 13.1. The molecule has 2 aliphatic rings. The zero-order valence-electron chi connectivity index (χ0n) is 21.2. The maximum absolute atomic E-state index is 2.74. The van der Waals surface area contributed by atoms with Crippen molar-refractivity contribution >= 4 is 0 Å². The van der Waals surface area contributed by atoms with E-state index >= 15 is 0 Å². The van der Waals surface area contributed by atoms with E-state index in [0.29, 0.717) is 17.9 Å². The lowest BCUT2D eigenvalue weighted by atomic mass is 9.90. The van der Waals surface area contributed by atoms with Crippen LogP contribution in [0, 0.1) is 0 Å². The van der Waals surface area contributed by atoms with Crippen LogP contribution in [0.3, 0.4) is 0 Å². The Hall–Kier alpha value is -1.64. The van der Waals surface area contributed by atoms with Gasteiger partial charge in [0.05, 0.1) is 0 Å². The Kier molecular flexibility index (Phi) is 7.74. The first-order valence-electron chi connectivity index (χ1n) is 13.1. The molecule has 0 saturated carbocycles. The average molecular weight is 433 g/mol. The molecule has 2 aromatic rings. The van der Waals surface area contributed by atoms with E-state index in [1.807, 2.05) is 0 Å². The summed E-state index contributed by atoms with van der Waals surface area (Å²) in [7, 11) is 2.25. The van der Waals surface area contributed by atoms with E-state index in [-0.39, 0.29) is 0 Å². The Morgan fingerprint density at radius 2 is 1.19 bits per heavy atom. The number of nitrogens with zero attached hydrogens (tertiary/aromatic N) is 2. The molecule has 0 amide bonds. The van der Waals surface area contributed by atoms with Crippen LogP contribution in [0.5, 0.6) is 0 Å². The average Bonchev–Trinajstić information content (AvgIpc) is 3.12. The van der Waals surface area contributed by atoms with Crippen LogP contribution in [0.25, 0.3) is 0 Å². The van der Waals surface area contributed by atoms with Gasteiger partial charge in [0.1, 0.15) is 0 Å². The lowest BCUT2D eigenvalue weighted by molar-refractivity contribution is 0.204. The molecule has 2 aromatic carbocycles. The Bertz CT molecular complexity index is 900. The van der Waals surface area contributed by atoms with Crippen molar-refractivity contribution in [3.8, 4) is 0 Å². The predicted octanol–water partition coefficient (Wildman–Crippen LogP) is 6.21. The van der Waals surface area contributed by atoms with E-state index in [2.05, 4.69) is 80.9 Å². The van der Waals surface area contributed by atoms with Crippen molar-refractivity contribution in [3.05, 3.63) is 69.8 Å². The summed E-state index contributed by atoms with van der Waals surface area (Å²) in [5.41, 5.74) is 9.38. The third kappa shape index (κ3) is 5.64. The molecule has 0 N–H and O–H groups in total. The van der Waals surface area contributed by atoms with Gasteiger partial charge in [-0.25, -0.2) is 0 Å². The van der Waals surface area contributed by atoms with Gasteiger partial charge in [-0.2, -0.15) is 0 Å². The minimum atomic E-state index is 0.619. The Morgan fingerprint density at radius 3 is 1.84 bits per heavy atom. The Labute approximate surface area is 197 Å². The summed E-state index contributed by atoms with van der Waals surface area (Å²) in [5.74, 6) is 1.26. The quantitative estimate of drug-likeness (QED) is 0.535. The number of fused-ring (bicyclic) bond motifs is 2. The largest absolute Gasteiger partial charge is 0.306 e. The highest BCUT2D eigenvalue weighted by molar-refractivity contribution is 5.36. The molecule has 2 unspecified atom stereocenters. The summed E-state index contributed by atoms with van der Waals surface area (Å²) in [6, 6.07) is 15.2. The van der Waals surface area contributed by atoms with E-state index in [1.165, 1.54) is 70.3 Å². The van der Waals surface area contributed by atoms with Gasteiger partial charge in [-0.3, -0.25) is 0 Å². The second-order valence-electron chi connectivity index (χ2n) is 10.9. The summed E-state index contributed by atoms with van der Waals surface area (Å²) in [6.07, 6.45) is 7.38. The SMILES string of the molecule is CC(C)c1ccc2c(c1)CCN(C(C)CCC(C)c1ccc3c(c1)CCN(C)CC3)CC2. The van der Waals surface area contributed by atoms with E-state index in [4.69, 9.17) is 0 Å². The number of hydrogen-bond donors (Lipinski definition) is 0. The minimum absolute atomic E-state index is 0.619. The molecule has 4 rings (SSSR count). The maximum Gasteiger partial charge on any atom is 0.00674 e. The van der Waals surface area contributed by atoms with Crippen molar-refractivity contribution in [2.24, 2.45) is 0 Å². The van der Waals surface area contributed by atoms with Crippen LogP contribution in [0.2, 0.25) is 0 Å². The molecule has 174 valence electrons. The summed E-state index contributed by atoms with van der Waals surface area (Å²) >= 11 is 0. The highest BCUT2D eigenvalue weighted by Crippen LogP contribution is 2.28. The van der Waals surface area contributed by atoms with Gasteiger partial charge in [-0.1, -0.05) is 57.2 Å². The van der Waals surface area contributed by atoms with Gasteiger partial charge in [-0.15, -0.1) is 0 Å². The molecule has 0 spiro atoms. The van der Waals surface area contributed by atoms with Crippen molar-refractivity contribution in [2.45, 2.75) is 84.1 Å². The van der Waals surface area contributed by atoms with Crippen LogP contribution < -0.4 is 0 Å². The summed E-state index contributed by atoms with van der Waals surface area (Å²) < 4.78 is 0. The van der Waals surface area contributed by atoms with Gasteiger partial charge >= 0.3 is 0 Å². The number of hydrogen-bond acceptors (Lipinski definition) is 2. The normalized spacial score (nSPS) is 19.7. The van der Waals surface area contributed by atoms with Gasteiger partial charge in [0, 0.05) is 32.2 Å². The van der Waals surface area contributed by atoms with E-state index < -0.39 is 0 Å². The van der Waals surface area contributed by atoms with Crippen molar-refractivity contribution in [1.82, 2.24) is 9.80 Å². The molecule has 2 heterocycles. The van der Waals surface area contributed by atoms with Crippen LogP contribution in [-0.2, 0) is 25.7 Å².